The molecule has 0 unspecified atom stereocenters. The summed E-state index contributed by atoms with van der Waals surface area (Å²) in [5.74, 6) is -0.553. The predicted octanol–water partition coefficient (Wildman–Crippen LogP) is 5.07. The summed E-state index contributed by atoms with van der Waals surface area (Å²) in [6, 6.07) is 6.42. The molecule has 3 N–H and O–H groups in total. The molecule has 1 amide bonds. The maximum absolute atomic E-state index is 13.3. The van der Waals surface area contributed by atoms with Gasteiger partial charge in [-0.25, -0.2) is 4.98 Å². The molecule has 136 valence electrons. The van der Waals surface area contributed by atoms with Crippen molar-refractivity contribution < 1.29 is 18.0 Å². The molecule has 4 nitrogen and oxygen atoms in total. The third kappa shape index (κ3) is 3.24. The summed E-state index contributed by atoms with van der Waals surface area (Å²) in [4.78, 5) is 16.8. The molecule has 8 heteroatoms. The Morgan fingerprint density at radius 1 is 1.19 bits per heavy atom. The molecule has 1 aromatic carbocycles. The van der Waals surface area contributed by atoms with Crippen molar-refractivity contribution in [1.29, 1.82) is 0 Å². The van der Waals surface area contributed by atoms with Crippen molar-refractivity contribution in [3.63, 3.8) is 0 Å². The number of aromatic nitrogens is 1. The van der Waals surface area contributed by atoms with Crippen LogP contribution < -0.4 is 11.1 Å². The van der Waals surface area contributed by atoms with Gasteiger partial charge in [-0.05, 0) is 38.5 Å². The Morgan fingerprint density at radius 3 is 2.50 bits per heavy atom. The first kappa shape index (κ1) is 18.2. The van der Waals surface area contributed by atoms with Crippen LogP contribution in [0.3, 0.4) is 0 Å². The van der Waals surface area contributed by atoms with E-state index in [1.165, 1.54) is 6.92 Å². The first-order valence-corrected chi connectivity index (χ1v) is 8.55. The van der Waals surface area contributed by atoms with Crippen LogP contribution in [-0.4, -0.2) is 10.9 Å². The maximum atomic E-state index is 13.3. The van der Waals surface area contributed by atoms with E-state index in [-0.39, 0.29) is 26.5 Å². The van der Waals surface area contributed by atoms with Crippen molar-refractivity contribution in [3.8, 4) is 0 Å². The molecule has 0 spiro atoms. The van der Waals surface area contributed by atoms with E-state index < -0.39 is 17.6 Å². The molecule has 3 aromatic rings. The lowest BCUT2D eigenvalue weighted by atomic mass is 10.1. The van der Waals surface area contributed by atoms with Crippen LogP contribution in [0.2, 0.25) is 0 Å². The molecular weight excluding hydrogens is 363 g/mol. The van der Waals surface area contributed by atoms with Gasteiger partial charge in [0.1, 0.15) is 9.71 Å². The molecule has 2 heterocycles. The summed E-state index contributed by atoms with van der Waals surface area (Å²) < 4.78 is 40.0. The average Bonchev–Trinajstić information content (AvgIpc) is 2.85. The van der Waals surface area contributed by atoms with Crippen LogP contribution in [0.5, 0.6) is 0 Å². The number of carbonyl (C=O) groups excluding carboxylic acids is 1. The number of carbonyl (C=O) groups is 1. The van der Waals surface area contributed by atoms with Gasteiger partial charge in [0.25, 0.3) is 5.91 Å². The second-order valence-electron chi connectivity index (χ2n) is 6.11. The number of amides is 1. The van der Waals surface area contributed by atoms with Crippen molar-refractivity contribution >= 4 is 38.8 Å². The molecular formula is C18H16F3N3OS. The molecule has 3 rings (SSSR count). The van der Waals surface area contributed by atoms with Gasteiger partial charge in [-0.15, -0.1) is 11.3 Å². The number of nitrogens with two attached hydrogens (primary N) is 1. The Labute approximate surface area is 151 Å². The third-order valence-electron chi connectivity index (χ3n) is 3.97. The van der Waals surface area contributed by atoms with E-state index in [2.05, 4.69) is 10.3 Å². The van der Waals surface area contributed by atoms with Gasteiger partial charge in [0.15, 0.2) is 0 Å². The Bertz CT molecular complexity index is 1020. The van der Waals surface area contributed by atoms with E-state index in [0.29, 0.717) is 5.69 Å². The first-order valence-electron chi connectivity index (χ1n) is 7.73. The largest absolute Gasteiger partial charge is 0.417 e. The Kier molecular flexibility index (Phi) is 4.39. The molecule has 0 fully saturated rings. The van der Waals surface area contributed by atoms with Crippen LogP contribution >= 0.6 is 11.3 Å². The fraction of sp³-hybridized carbons (Fsp3) is 0.222. The van der Waals surface area contributed by atoms with Gasteiger partial charge in [0.2, 0.25) is 0 Å². The maximum Gasteiger partial charge on any atom is 0.417 e. The van der Waals surface area contributed by atoms with E-state index in [1.54, 1.807) is 6.07 Å². The highest BCUT2D eigenvalue weighted by Gasteiger charge is 2.35. The minimum atomic E-state index is -4.58. The molecule has 0 atom stereocenters. The lowest BCUT2D eigenvalue weighted by molar-refractivity contribution is -0.136. The first-order chi connectivity index (χ1) is 12.1. The van der Waals surface area contributed by atoms with Crippen molar-refractivity contribution in [1.82, 2.24) is 4.98 Å². The zero-order valence-electron chi connectivity index (χ0n) is 14.3. The number of halogens is 3. The molecule has 0 saturated heterocycles. The number of hydrogen-bond acceptors (Lipinski definition) is 4. The third-order valence-corrected chi connectivity index (χ3v) is 5.07. The van der Waals surface area contributed by atoms with E-state index in [4.69, 9.17) is 5.73 Å². The standard InChI is InChI=1S/C18H16F3N3OS/c1-8-4-5-12(9(2)6-8)24-16(25)15-14(22)13-11(18(19,20)21)7-10(3)23-17(13)26-15/h4-7H,22H2,1-3H3,(H,24,25). The average molecular weight is 379 g/mol. The van der Waals surface area contributed by atoms with Crippen molar-refractivity contribution in [2.75, 3.05) is 11.1 Å². The molecule has 0 aliphatic heterocycles. The summed E-state index contributed by atoms with van der Waals surface area (Å²) in [6.45, 7) is 5.23. The SMILES string of the molecule is Cc1ccc(NC(=O)c2sc3nc(C)cc(C(F)(F)F)c3c2N)c(C)c1. The fourth-order valence-electron chi connectivity index (χ4n) is 2.77. The van der Waals surface area contributed by atoms with E-state index in [9.17, 15) is 18.0 Å². The van der Waals surface area contributed by atoms with E-state index >= 15 is 0 Å². The zero-order valence-corrected chi connectivity index (χ0v) is 15.1. The molecule has 0 aliphatic carbocycles. The number of thiophene rings is 1. The summed E-state index contributed by atoms with van der Waals surface area (Å²) in [6.07, 6.45) is -4.58. The van der Waals surface area contributed by atoms with Gasteiger partial charge >= 0.3 is 6.18 Å². The normalized spacial score (nSPS) is 11.8. The van der Waals surface area contributed by atoms with Gasteiger partial charge in [0.05, 0.1) is 11.3 Å². The number of alkyl halides is 3. The van der Waals surface area contributed by atoms with Crippen LogP contribution in [0.4, 0.5) is 24.5 Å². The molecule has 0 aliphatic rings. The van der Waals surface area contributed by atoms with Crippen LogP contribution in [0.25, 0.3) is 10.2 Å². The Balaban J connectivity index is 2.08. The summed E-state index contributed by atoms with van der Waals surface area (Å²) >= 11 is 0.857. The Morgan fingerprint density at radius 2 is 1.88 bits per heavy atom. The fourth-order valence-corrected chi connectivity index (χ4v) is 3.83. The smallest absolute Gasteiger partial charge is 0.397 e. The summed E-state index contributed by atoms with van der Waals surface area (Å²) in [5, 5.41) is 2.49. The van der Waals surface area contributed by atoms with Gasteiger partial charge < -0.3 is 11.1 Å². The quantitative estimate of drug-likeness (QED) is 0.653. The zero-order chi connectivity index (χ0) is 19.2. The molecule has 26 heavy (non-hydrogen) atoms. The van der Waals surface area contributed by atoms with Crippen LogP contribution in [0.1, 0.15) is 32.1 Å². The lowest BCUT2D eigenvalue weighted by Crippen LogP contribution is -2.13. The van der Waals surface area contributed by atoms with Crippen LogP contribution in [0, 0.1) is 20.8 Å². The second kappa shape index (κ2) is 6.28. The van der Waals surface area contributed by atoms with Crippen LogP contribution in [-0.2, 0) is 6.18 Å². The number of rotatable bonds is 2. The highest BCUT2D eigenvalue weighted by Crippen LogP contribution is 2.42. The van der Waals surface area contributed by atoms with Crippen molar-refractivity contribution in [2.24, 2.45) is 0 Å². The lowest BCUT2D eigenvalue weighted by Gasteiger charge is -2.10. The molecule has 0 saturated carbocycles. The minimum absolute atomic E-state index is 0.0172. The second-order valence-corrected chi connectivity index (χ2v) is 7.11. The number of benzene rings is 1. The number of nitrogen functional groups attached to an aromatic ring is 1. The number of fused-ring (bicyclic) bond motifs is 1. The number of nitrogens with one attached hydrogen (secondary N) is 1. The highest BCUT2D eigenvalue weighted by atomic mass is 32.1. The number of aryl methyl sites for hydroxylation is 3. The number of anilines is 2. The summed E-state index contributed by atoms with van der Waals surface area (Å²) in [7, 11) is 0. The number of hydrogen-bond donors (Lipinski definition) is 2. The molecule has 0 radical (unpaired) electrons. The van der Waals surface area contributed by atoms with Gasteiger partial charge in [-0.1, -0.05) is 17.7 Å². The number of nitrogens with zero attached hydrogens (tertiary/aromatic N) is 1. The van der Waals surface area contributed by atoms with E-state index in [1.807, 2.05) is 26.0 Å². The minimum Gasteiger partial charge on any atom is -0.397 e. The number of pyridine rings is 1. The Hall–Kier alpha value is -2.61. The summed E-state index contributed by atoms with van der Waals surface area (Å²) in [5.41, 5.74) is 7.52. The molecule has 0 bridgehead atoms. The highest BCUT2D eigenvalue weighted by molar-refractivity contribution is 7.21. The molecule has 2 aromatic heterocycles. The van der Waals surface area contributed by atoms with Crippen molar-refractivity contribution in [3.05, 3.63) is 51.5 Å². The topological polar surface area (TPSA) is 68.0 Å². The van der Waals surface area contributed by atoms with Gasteiger partial charge in [-0.3, -0.25) is 4.79 Å². The van der Waals surface area contributed by atoms with Crippen LogP contribution in [0.15, 0.2) is 24.3 Å². The monoisotopic (exact) mass is 379 g/mol. The van der Waals surface area contributed by atoms with Crippen molar-refractivity contribution in [2.45, 2.75) is 26.9 Å². The predicted molar refractivity (Wildman–Crippen MR) is 97.6 cm³/mol. The van der Waals surface area contributed by atoms with Gasteiger partial charge in [0, 0.05) is 16.8 Å². The van der Waals surface area contributed by atoms with Gasteiger partial charge in [-0.2, -0.15) is 13.2 Å². The van der Waals surface area contributed by atoms with E-state index in [0.717, 1.165) is 28.5 Å².